The largest absolute Gasteiger partial charge is 0.479 e. The quantitative estimate of drug-likeness (QED) is 0.940. The molecule has 1 aromatic heterocycles. The number of aromatic nitrogens is 2. The third-order valence-electron chi connectivity index (χ3n) is 2.68. The van der Waals surface area contributed by atoms with Crippen LogP contribution in [0.1, 0.15) is 15.9 Å². The van der Waals surface area contributed by atoms with Crippen LogP contribution in [-0.2, 0) is 7.05 Å². The first-order chi connectivity index (χ1) is 9.01. The molecule has 1 heterocycles. The fourth-order valence-corrected chi connectivity index (χ4v) is 1.87. The van der Waals surface area contributed by atoms with Crippen LogP contribution in [0.3, 0.4) is 0 Å². The van der Waals surface area contributed by atoms with E-state index in [0.29, 0.717) is 22.2 Å². The van der Waals surface area contributed by atoms with E-state index in [-0.39, 0.29) is 5.91 Å². The predicted molar refractivity (Wildman–Crippen MR) is 73.9 cm³/mol. The molecule has 0 bridgehead atoms. The molecule has 0 saturated carbocycles. The van der Waals surface area contributed by atoms with Gasteiger partial charge in [0.1, 0.15) is 5.56 Å². The minimum atomic E-state index is -0.282. The molecule has 0 aliphatic heterocycles. The van der Waals surface area contributed by atoms with Gasteiger partial charge in [0, 0.05) is 24.0 Å². The van der Waals surface area contributed by atoms with Gasteiger partial charge in [-0.2, -0.15) is 0 Å². The highest BCUT2D eigenvalue weighted by Gasteiger charge is 2.17. The summed E-state index contributed by atoms with van der Waals surface area (Å²) in [5.41, 5.74) is 1.98. The SMILES string of the molecule is COc1nn(C)cc1C(=O)Nc1cc(Cl)ccc1C. The number of aryl methyl sites for hydroxylation is 2. The predicted octanol–water partition coefficient (Wildman–Crippen LogP) is 2.64. The number of hydrogen-bond donors (Lipinski definition) is 1. The summed E-state index contributed by atoms with van der Waals surface area (Å²) in [7, 11) is 3.20. The van der Waals surface area contributed by atoms with Crippen LogP contribution in [0.15, 0.2) is 24.4 Å². The number of amides is 1. The maximum absolute atomic E-state index is 12.2. The Kier molecular flexibility index (Phi) is 3.76. The maximum Gasteiger partial charge on any atom is 0.262 e. The number of halogens is 1. The second-order valence-corrected chi connectivity index (χ2v) is 4.58. The Bertz CT molecular complexity index is 622. The van der Waals surface area contributed by atoms with Crippen LogP contribution in [0, 0.1) is 6.92 Å². The fourth-order valence-electron chi connectivity index (χ4n) is 1.69. The molecule has 1 amide bonds. The highest BCUT2D eigenvalue weighted by atomic mass is 35.5. The Labute approximate surface area is 116 Å². The number of hydrogen-bond acceptors (Lipinski definition) is 3. The van der Waals surface area contributed by atoms with E-state index in [1.807, 2.05) is 13.0 Å². The van der Waals surface area contributed by atoms with Crippen LogP contribution < -0.4 is 10.1 Å². The highest BCUT2D eigenvalue weighted by Crippen LogP contribution is 2.22. The molecular weight excluding hydrogens is 266 g/mol. The first kappa shape index (κ1) is 13.4. The van der Waals surface area contributed by atoms with Gasteiger partial charge in [0.05, 0.1) is 7.11 Å². The lowest BCUT2D eigenvalue weighted by Crippen LogP contribution is -2.13. The Morgan fingerprint density at radius 3 is 2.89 bits per heavy atom. The summed E-state index contributed by atoms with van der Waals surface area (Å²) >= 11 is 5.92. The van der Waals surface area contributed by atoms with Gasteiger partial charge < -0.3 is 10.1 Å². The summed E-state index contributed by atoms with van der Waals surface area (Å²) in [6.07, 6.45) is 1.61. The van der Waals surface area contributed by atoms with Gasteiger partial charge in [-0.15, -0.1) is 5.10 Å². The molecule has 5 nitrogen and oxygen atoms in total. The highest BCUT2D eigenvalue weighted by molar-refractivity contribution is 6.31. The molecule has 0 radical (unpaired) electrons. The number of anilines is 1. The van der Waals surface area contributed by atoms with Crippen molar-refractivity contribution in [2.75, 3.05) is 12.4 Å². The molecule has 0 saturated heterocycles. The van der Waals surface area contributed by atoms with Gasteiger partial charge >= 0.3 is 0 Å². The topological polar surface area (TPSA) is 56.2 Å². The van der Waals surface area contributed by atoms with Crippen molar-refractivity contribution in [1.82, 2.24) is 9.78 Å². The molecule has 6 heteroatoms. The number of nitrogens with zero attached hydrogens (tertiary/aromatic N) is 2. The minimum Gasteiger partial charge on any atom is -0.479 e. The average Bonchev–Trinajstić information content (AvgIpc) is 2.75. The fraction of sp³-hybridized carbons (Fsp3) is 0.231. The van der Waals surface area contributed by atoms with Gasteiger partial charge in [-0.3, -0.25) is 9.48 Å². The maximum atomic E-state index is 12.2. The van der Waals surface area contributed by atoms with Crippen LogP contribution in [0.4, 0.5) is 5.69 Å². The summed E-state index contributed by atoms with van der Waals surface area (Å²) in [5.74, 6) is 0.00926. The Hall–Kier alpha value is -2.01. The second-order valence-electron chi connectivity index (χ2n) is 4.14. The van der Waals surface area contributed by atoms with Crippen molar-refractivity contribution in [2.24, 2.45) is 7.05 Å². The minimum absolute atomic E-state index is 0.282. The van der Waals surface area contributed by atoms with Crippen molar-refractivity contribution in [3.8, 4) is 5.88 Å². The zero-order valence-corrected chi connectivity index (χ0v) is 11.7. The van der Waals surface area contributed by atoms with Crippen molar-refractivity contribution < 1.29 is 9.53 Å². The standard InChI is InChI=1S/C13H14ClN3O2/c1-8-4-5-9(14)6-11(8)15-12(18)10-7-17(2)16-13(10)19-3/h4-7H,1-3H3,(H,15,18). The van der Waals surface area contributed by atoms with E-state index in [1.165, 1.54) is 11.8 Å². The van der Waals surface area contributed by atoms with E-state index in [4.69, 9.17) is 16.3 Å². The van der Waals surface area contributed by atoms with Crippen LogP contribution in [0.5, 0.6) is 5.88 Å². The van der Waals surface area contributed by atoms with Crippen LogP contribution in [0.25, 0.3) is 0 Å². The number of benzene rings is 1. The summed E-state index contributed by atoms with van der Waals surface area (Å²) in [6.45, 7) is 1.90. The number of carbonyl (C=O) groups excluding carboxylic acids is 1. The van der Waals surface area contributed by atoms with E-state index < -0.39 is 0 Å². The molecular formula is C13H14ClN3O2. The molecule has 100 valence electrons. The summed E-state index contributed by atoms with van der Waals surface area (Å²) in [4.78, 5) is 12.2. The lowest BCUT2D eigenvalue weighted by atomic mass is 10.2. The normalized spacial score (nSPS) is 10.3. The van der Waals surface area contributed by atoms with E-state index >= 15 is 0 Å². The third kappa shape index (κ3) is 2.88. The summed E-state index contributed by atoms with van der Waals surface area (Å²) < 4.78 is 6.59. The summed E-state index contributed by atoms with van der Waals surface area (Å²) in [6, 6.07) is 5.33. The van der Waals surface area contributed by atoms with Gasteiger partial charge in [-0.1, -0.05) is 17.7 Å². The molecule has 0 atom stereocenters. The Morgan fingerprint density at radius 1 is 1.47 bits per heavy atom. The van der Waals surface area contributed by atoms with Crippen molar-refractivity contribution in [3.63, 3.8) is 0 Å². The monoisotopic (exact) mass is 279 g/mol. The molecule has 0 unspecified atom stereocenters. The zero-order valence-electron chi connectivity index (χ0n) is 10.9. The van der Waals surface area contributed by atoms with Crippen molar-refractivity contribution in [3.05, 3.63) is 40.5 Å². The first-order valence-electron chi connectivity index (χ1n) is 5.66. The van der Waals surface area contributed by atoms with Gasteiger partial charge in [0.2, 0.25) is 5.88 Å². The Morgan fingerprint density at radius 2 is 2.21 bits per heavy atom. The van der Waals surface area contributed by atoms with Gasteiger partial charge in [-0.05, 0) is 24.6 Å². The van der Waals surface area contributed by atoms with Crippen molar-refractivity contribution in [2.45, 2.75) is 6.92 Å². The van der Waals surface area contributed by atoms with Crippen LogP contribution in [-0.4, -0.2) is 22.8 Å². The molecule has 0 aliphatic rings. The number of nitrogens with one attached hydrogen (secondary N) is 1. The number of ether oxygens (including phenoxy) is 1. The van der Waals surface area contributed by atoms with Crippen molar-refractivity contribution >= 4 is 23.2 Å². The number of carbonyl (C=O) groups is 1. The molecule has 0 fully saturated rings. The molecule has 1 aromatic carbocycles. The van der Waals surface area contributed by atoms with E-state index in [9.17, 15) is 4.79 Å². The average molecular weight is 280 g/mol. The second kappa shape index (κ2) is 5.32. The molecule has 0 spiro atoms. The molecule has 19 heavy (non-hydrogen) atoms. The van der Waals surface area contributed by atoms with E-state index in [1.54, 1.807) is 25.4 Å². The number of methoxy groups -OCH3 is 1. The first-order valence-corrected chi connectivity index (χ1v) is 6.04. The molecule has 0 aliphatic carbocycles. The molecule has 2 aromatic rings. The van der Waals surface area contributed by atoms with Gasteiger partial charge in [0.25, 0.3) is 5.91 Å². The van der Waals surface area contributed by atoms with Gasteiger partial charge in [-0.25, -0.2) is 0 Å². The molecule has 2 rings (SSSR count). The lowest BCUT2D eigenvalue weighted by molar-refractivity contribution is 0.102. The summed E-state index contributed by atoms with van der Waals surface area (Å²) in [5, 5.41) is 7.41. The van der Waals surface area contributed by atoms with Crippen LogP contribution in [0.2, 0.25) is 5.02 Å². The third-order valence-corrected chi connectivity index (χ3v) is 2.92. The number of rotatable bonds is 3. The van der Waals surface area contributed by atoms with Gasteiger partial charge in [0.15, 0.2) is 0 Å². The lowest BCUT2D eigenvalue weighted by Gasteiger charge is -2.08. The Balaban J connectivity index is 2.27. The van der Waals surface area contributed by atoms with Crippen molar-refractivity contribution in [1.29, 1.82) is 0 Å². The smallest absolute Gasteiger partial charge is 0.262 e. The van der Waals surface area contributed by atoms with E-state index in [2.05, 4.69) is 10.4 Å². The van der Waals surface area contributed by atoms with E-state index in [0.717, 1.165) is 5.56 Å². The van der Waals surface area contributed by atoms with Crippen LogP contribution >= 0.6 is 11.6 Å². The zero-order chi connectivity index (χ0) is 14.0. The molecule has 1 N–H and O–H groups in total.